The maximum atomic E-state index is 2.43. The van der Waals surface area contributed by atoms with E-state index in [0.29, 0.717) is 0 Å². The summed E-state index contributed by atoms with van der Waals surface area (Å²) >= 11 is 1.89. The zero-order valence-corrected chi connectivity index (χ0v) is 29.0. The van der Waals surface area contributed by atoms with Gasteiger partial charge in [-0.3, -0.25) is 0 Å². The van der Waals surface area contributed by atoms with Gasteiger partial charge in [-0.25, -0.2) is 0 Å². The van der Waals surface area contributed by atoms with Crippen molar-refractivity contribution in [2.24, 2.45) is 0 Å². The Bertz CT molecular complexity index is 2990. The predicted molar refractivity (Wildman–Crippen MR) is 218 cm³/mol. The summed E-state index contributed by atoms with van der Waals surface area (Å²) in [5.74, 6) is 0. The molecule has 3 aliphatic rings. The lowest BCUT2D eigenvalue weighted by Gasteiger charge is -2.40. The van der Waals surface area contributed by atoms with E-state index in [2.05, 4.69) is 182 Å². The van der Waals surface area contributed by atoms with E-state index in [1.165, 1.54) is 109 Å². The topological polar surface area (TPSA) is 0 Å². The van der Waals surface area contributed by atoms with Crippen molar-refractivity contribution in [2.75, 3.05) is 0 Å². The number of benzene rings is 9. The van der Waals surface area contributed by atoms with Crippen LogP contribution in [0.2, 0.25) is 0 Å². The van der Waals surface area contributed by atoms with Crippen molar-refractivity contribution in [2.45, 2.75) is 15.2 Å². The minimum atomic E-state index is -0.434. The van der Waals surface area contributed by atoms with Gasteiger partial charge in [-0.1, -0.05) is 176 Å². The Morgan fingerprint density at radius 2 is 0.846 bits per heavy atom. The van der Waals surface area contributed by atoms with E-state index >= 15 is 0 Å². The third-order valence-electron chi connectivity index (χ3n) is 11.9. The molecule has 0 fully saturated rings. The number of rotatable bonds is 2. The summed E-state index contributed by atoms with van der Waals surface area (Å²) in [6.45, 7) is 0. The third kappa shape index (κ3) is 3.59. The summed E-state index contributed by atoms with van der Waals surface area (Å²) in [6.07, 6.45) is 0. The van der Waals surface area contributed by atoms with E-state index in [-0.39, 0.29) is 0 Å². The molecule has 0 N–H and O–H groups in total. The van der Waals surface area contributed by atoms with Crippen LogP contribution in [0, 0.1) is 0 Å². The highest BCUT2D eigenvalue weighted by molar-refractivity contribution is 7.99. The average molecular weight is 675 g/mol. The van der Waals surface area contributed by atoms with E-state index < -0.39 is 5.41 Å². The van der Waals surface area contributed by atoms with Crippen molar-refractivity contribution in [1.29, 1.82) is 0 Å². The number of hydrogen-bond donors (Lipinski definition) is 0. The van der Waals surface area contributed by atoms with Crippen LogP contribution in [0.3, 0.4) is 0 Å². The van der Waals surface area contributed by atoms with Gasteiger partial charge in [0.15, 0.2) is 0 Å². The van der Waals surface area contributed by atoms with Crippen LogP contribution >= 0.6 is 11.8 Å². The van der Waals surface area contributed by atoms with Gasteiger partial charge in [-0.2, -0.15) is 0 Å². The van der Waals surface area contributed by atoms with Gasteiger partial charge in [0.25, 0.3) is 0 Å². The van der Waals surface area contributed by atoms with Crippen molar-refractivity contribution in [1.82, 2.24) is 0 Å². The first-order chi connectivity index (χ1) is 25.8. The zero-order chi connectivity index (χ0) is 34.0. The molecular formula is C51H30S. The van der Waals surface area contributed by atoms with Crippen molar-refractivity contribution in [3.8, 4) is 55.6 Å². The Balaban J connectivity index is 1.13. The van der Waals surface area contributed by atoms with Crippen molar-refractivity contribution >= 4 is 33.3 Å². The first kappa shape index (κ1) is 28.5. The average Bonchev–Trinajstić information content (AvgIpc) is 3.51. The van der Waals surface area contributed by atoms with E-state index in [9.17, 15) is 0 Å². The molecule has 1 heteroatoms. The first-order valence-corrected chi connectivity index (χ1v) is 18.9. The minimum Gasteiger partial charge on any atom is -0.0888 e. The lowest BCUT2D eigenvalue weighted by molar-refractivity contribution is 0.773. The van der Waals surface area contributed by atoms with Gasteiger partial charge < -0.3 is 0 Å². The van der Waals surface area contributed by atoms with Crippen LogP contribution < -0.4 is 0 Å². The molecule has 1 unspecified atom stereocenters. The van der Waals surface area contributed by atoms with Crippen molar-refractivity contribution < 1.29 is 0 Å². The fourth-order valence-electron chi connectivity index (χ4n) is 9.90. The Morgan fingerprint density at radius 3 is 1.65 bits per heavy atom. The van der Waals surface area contributed by atoms with Crippen molar-refractivity contribution in [3.63, 3.8) is 0 Å². The standard InChI is InChI=1S/C51H30S/c1-2-17-35(34(16-1)33-28-29-46-41(30-33)39-21-8-13-32-15-10-27-47(52-46)49(32)39)37-22-11-26-45-50(37)40-19-4-6-24-43(40)51(45)42-23-5-3-18-36(42)38-20-7-12-31-14-9-25-44(51)48(31)38/h1-30H. The molecule has 52 heavy (non-hydrogen) atoms. The van der Waals surface area contributed by atoms with Crippen LogP contribution in [0.25, 0.3) is 77.2 Å². The molecule has 1 aliphatic heterocycles. The summed E-state index contributed by atoms with van der Waals surface area (Å²) in [5.41, 5.74) is 18.0. The summed E-state index contributed by atoms with van der Waals surface area (Å²) in [7, 11) is 0. The number of fused-ring (bicyclic) bond motifs is 11. The summed E-state index contributed by atoms with van der Waals surface area (Å²) in [6, 6.07) is 68.6. The maximum Gasteiger partial charge on any atom is 0.0725 e. The van der Waals surface area contributed by atoms with E-state index in [4.69, 9.17) is 0 Å². The second-order valence-corrected chi connectivity index (χ2v) is 15.4. The predicted octanol–water partition coefficient (Wildman–Crippen LogP) is 13.8. The molecular weight excluding hydrogens is 645 g/mol. The molecule has 0 amide bonds. The molecule has 0 saturated carbocycles. The van der Waals surface area contributed by atoms with E-state index in [1.807, 2.05) is 11.8 Å². The molecule has 0 nitrogen and oxygen atoms in total. The second-order valence-electron chi connectivity index (χ2n) is 14.3. The zero-order valence-electron chi connectivity index (χ0n) is 28.2. The lowest BCUT2D eigenvalue weighted by Crippen LogP contribution is -2.31. The molecule has 1 heterocycles. The highest BCUT2D eigenvalue weighted by Crippen LogP contribution is 2.63. The Labute approximate surface area is 307 Å². The Morgan fingerprint density at radius 1 is 0.308 bits per heavy atom. The van der Waals surface area contributed by atoms with E-state index in [1.54, 1.807) is 0 Å². The third-order valence-corrected chi connectivity index (χ3v) is 13.0. The van der Waals surface area contributed by atoms with Gasteiger partial charge in [0.05, 0.1) is 5.41 Å². The molecule has 9 aromatic carbocycles. The molecule has 0 saturated heterocycles. The maximum absolute atomic E-state index is 2.43. The van der Waals surface area contributed by atoms with Crippen LogP contribution in [0.4, 0.5) is 0 Å². The summed E-state index contributed by atoms with van der Waals surface area (Å²) in [5, 5.41) is 5.31. The molecule has 2 aliphatic carbocycles. The summed E-state index contributed by atoms with van der Waals surface area (Å²) < 4.78 is 0. The van der Waals surface area contributed by atoms with Gasteiger partial charge in [-0.05, 0) is 112 Å². The van der Waals surface area contributed by atoms with Crippen LogP contribution in [-0.4, -0.2) is 0 Å². The van der Waals surface area contributed by atoms with Gasteiger partial charge in [0, 0.05) is 15.2 Å². The van der Waals surface area contributed by atoms with E-state index in [0.717, 1.165) is 0 Å². The normalized spacial score (nSPS) is 15.7. The molecule has 9 aromatic rings. The molecule has 0 radical (unpaired) electrons. The van der Waals surface area contributed by atoms with Gasteiger partial charge in [0.1, 0.15) is 0 Å². The Hall–Kier alpha value is -6.15. The molecule has 240 valence electrons. The first-order valence-electron chi connectivity index (χ1n) is 18.1. The summed E-state index contributed by atoms with van der Waals surface area (Å²) in [4.78, 5) is 2.65. The molecule has 12 rings (SSSR count). The van der Waals surface area contributed by atoms with Crippen LogP contribution in [-0.2, 0) is 5.41 Å². The molecule has 0 bridgehead atoms. The lowest BCUT2D eigenvalue weighted by atomic mass is 9.61. The quantitative estimate of drug-likeness (QED) is 0.176. The SMILES string of the molecule is c1ccc(-c2cccc3c2-c2ccccc2C32c3ccccc3-c3cccc4cccc2c34)c(-c2ccc3c(c2)-c2cccc4cccc(c24)S3)c1. The minimum absolute atomic E-state index is 0.434. The van der Waals surface area contributed by atoms with Crippen LogP contribution in [0.5, 0.6) is 0 Å². The van der Waals surface area contributed by atoms with Crippen LogP contribution in [0.1, 0.15) is 22.3 Å². The Kier molecular flexibility index (Phi) is 5.73. The monoisotopic (exact) mass is 674 g/mol. The van der Waals surface area contributed by atoms with Gasteiger partial charge >= 0.3 is 0 Å². The molecule has 0 aromatic heterocycles. The largest absolute Gasteiger partial charge is 0.0888 e. The number of hydrogen-bond acceptors (Lipinski definition) is 1. The molecule has 1 spiro atoms. The van der Waals surface area contributed by atoms with Crippen LogP contribution in [0.15, 0.2) is 192 Å². The highest BCUT2D eigenvalue weighted by Gasteiger charge is 2.50. The van der Waals surface area contributed by atoms with Gasteiger partial charge in [-0.15, -0.1) is 0 Å². The molecule has 1 atom stereocenters. The van der Waals surface area contributed by atoms with Crippen molar-refractivity contribution in [3.05, 3.63) is 204 Å². The fraction of sp³-hybridized carbons (Fsp3) is 0.0196. The smallest absolute Gasteiger partial charge is 0.0725 e. The second kappa shape index (κ2) is 10.4. The highest BCUT2D eigenvalue weighted by atomic mass is 32.2. The fourth-order valence-corrected chi connectivity index (χ4v) is 11.0. The van der Waals surface area contributed by atoms with Gasteiger partial charge in [0.2, 0.25) is 0 Å².